The van der Waals surface area contributed by atoms with Crippen LogP contribution >= 0.6 is 0 Å². The van der Waals surface area contributed by atoms with E-state index in [4.69, 9.17) is 10.5 Å². The highest BCUT2D eigenvalue weighted by Gasteiger charge is 2.37. The summed E-state index contributed by atoms with van der Waals surface area (Å²) < 4.78 is 5.65. The zero-order chi connectivity index (χ0) is 13.5. The van der Waals surface area contributed by atoms with Gasteiger partial charge in [0.05, 0.1) is 5.54 Å². The molecule has 4 heteroatoms. The van der Waals surface area contributed by atoms with Crippen molar-refractivity contribution < 1.29 is 9.53 Å². The monoisotopic (exact) mass is 260 g/mol. The van der Waals surface area contributed by atoms with Gasteiger partial charge in [0.15, 0.2) is 0 Å². The van der Waals surface area contributed by atoms with Crippen molar-refractivity contribution in [2.24, 2.45) is 5.73 Å². The number of carbonyl (C=O) groups is 1. The molecule has 1 aliphatic carbocycles. The van der Waals surface area contributed by atoms with Crippen LogP contribution in [-0.2, 0) is 11.2 Å². The number of hydrogen-bond acceptors (Lipinski definition) is 3. The summed E-state index contributed by atoms with van der Waals surface area (Å²) in [5.74, 6) is 0.866. The average Bonchev–Trinajstić information content (AvgIpc) is 2.95. The Morgan fingerprint density at radius 3 is 2.89 bits per heavy atom. The molecule has 1 fully saturated rings. The van der Waals surface area contributed by atoms with Gasteiger partial charge in [-0.3, -0.25) is 4.79 Å². The molecular weight excluding hydrogens is 240 g/mol. The van der Waals surface area contributed by atoms with Gasteiger partial charge in [0, 0.05) is 12.1 Å². The van der Waals surface area contributed by atoms with Crippen LogP contribution in [-0.4, -0.2) is 17.6 Å². The number of ether oxygens (including phenoxy) is 1. The maximum Gasteiger partial charge on any atom is 0.244 e. The summed E-state index contributed by atoms with van der Waals surface area (Å²) in [6.45, 7) is 2.05. The molecule has 1 aliphatic heterocycles. The van der Waals surface area contributed by atoms with Crippen molar-refractivity contribution in [3.05, 3.63) is 23.8 Å². The fourth-order valence-corrected chi connectivity index (χ4v) is 2.99. The van der Waals surface area contributed by atoms with E-state index >= 15 is 0 Å². The molecule has 1 unspecified atom stereocenters. The molecule has 1 aromatic carbocycles. The molecule has 0 radical (unpaired) electrons. The molecule has 3 N–H and O–H groups in total. The predicted octanol–water partition coefficient (Wildman–Crippen LogP) is 2.22. The lowest BCUT2D eigenvalue weighted by Gasteiger charge is -2.22. The molecule has 1 amide bonds. The van der Waals surface area contributed by atoms with Crippen molar-refractivity contribution in [2.45, 2.75) is 50.7 Å². The molecule has 19 heavy (non-hydrogen) atoms. The molecule has 3 rings (SSSR count). The fraction of sp³-hybridized carbons (Fsp3) is 0.533. The number of hydrogen-bond donors (Lipinski definition) is 2. The summed E-state index contributed by atoms with van der Waals surface area (Å²) in [6, 6.07) is 5.80. The van der Waals surface area contributed by atoms with Gasteiger partial charge in [0.1, 0.15) is 11.9 Å². The average molecular weight is 260 g/mol. The van der Waals surface area contributed by atoms with Crippen LogP contribution in [0.5, 0.6) is 5.75 Å². The quantitative estimate of drug-likeness (QED) is 0.857. The van der Waals surface area contributed by atoms with Crippen molar-refractivity contribution in [1.29, 1.82) is 0 Å². The second-order valence-electron chi connectivity index (χ2n) is 5.77. The Hall–Kier alpha value is -1.55. The van der Waals surface area contributed by atoms with Crippen molar-refractivity contribution in [1.82, 2.24) is 0 Å². The highest BCUT2D eigenvalue weighted by atomic mass is 16.5. The van der Waals surface area contributed by atoms with Crippen LogP contribution in [0.2, 0.25) is 0 Å². The maximum atomic E-state index is 12.2. The van der Waals surface area contributed by atoms with E-state index in [1.54, 1.807) is 0 Å². The smallest absolute Gasteiger partial charge is 0.244 e. The number of carbonyl (C=O) groups excluding carboxylic acids is 1. The minimum atomic E-state index is -0.678. The van der Waals surface area contributed by atoms with Gasteiger partial charge in [0.2, 0.25) is 5.91 Å². The van der Waals surface area contributed by atoms with E-state index in [2.05, 4.69) is 5.32 Å². The first-order valence-corrected chi connectivity index (χ1v) is 6.97. The summed E-state index contributed by atoms with van der Waals surface area (Å²) in [7, 11) is 0. The van der Waals surface area contributed by atoms with Gasteiger partial charge in [0.25, 0.3) is 0 Å². The summed E-state index contributed by atoms with van der Waals surface area (Å²) in [4.78, 5) is 12.2. The van der Waals surface area contributed by atoms with E-state index in [-0.39, 0.29) is 12.0 Å². The Kier molecular flexibility index (Phi) is 2.97. The second-order valence-corrected chi connectivity index (χ2v) is 5.77. The fourth-order valence-electron chi connectivity index (χ4n) is 2.99. The normalized spacial score (nSPS) is 23.8. The third kappa shape index (κ3) is 2.32. The number of amides is 1. The van der Waals surface area contributed by atoms with Crippen LogP contribution < -0.4 is 15.8 Å². The van der Waals surface area contributed by atoms with Crippen LogP contribution in [0.4, 0.5) is 5.69 Å². The highest BCUT2D eigenvalue weighted by Crippen LogP contribution is 2.32. The molecule has 0 saturated heterocycles. The van der Waals surface area contributed by atoms with Crippen molar-refractivity contribution in [3.8, 4) is 5.75 Å². The number of benzene rings is 1. The Balaban J connectivity index is 1.74. The summed E-state index contributed by atoms with van der Waals surface area (Å²) in [6.07, 6.45) is 4.76. The van der Waals surface area contributed by atoms with Crippen molar-refractivity contribution in [2.75, 3.05) is 5.32 Å². The van der Waals surface area contributed by atoms with Gasteiger partial charge in [-0.15, -0.1) is 0 Å². The topological polar surface area (TPSA) is 64.4 Å². The second kappa shape index (κ2) is 4.53. The van der Waals surface area contributed by atoms with Gasteiger partial charge in [-0.2, -0.15) is 0 Å². The molecule has 2 aliphatic rings. The number of rotatable bonds is 2. The number of fused-ring (bicyclic) bond motifs is 1. The standard InChI is InChI=1S/C15H20N2O2/c1-10-8-11-9-12(4-5-13(11)19-10)17-14(18)15(16)6-2-3-7-15/h4-5,9-10H,2-3,6-8,16H2,1H3,(H,17,18). The number of nitrogens with one attached hydrogen (secondary N) is 1. The zero-order valence-corrected chi connectivity index (χ0v) is 11.2. The third-order valence-electron chi connectivity index (χ3n) is 4.10. The molecule has 4 nitrogen and oxygen atoms in total. The van der Waals surface area contributed by atoms with Crippen molar-refractivity contribution in [3.63, 3.8) is 0 Å². The van der Waals surface area contributed by atoms with Crippen LogP contribution in [0, 0.1) is 0 Å². The van der Waals surface area contributed by atoms with Crippen LogP contribution in [0.1, 0.15) is 38.2 Å². The SMILES string of the molecule is CC1Cc2cc(NC(=O)C3(N)CCCC3)ccc2O1. The molecule has 0 spiro atoms. The first kappa shape index (κ1) is 12.5. The number of anilines is 1. The van der Waals surface area contributed by atoms with Crippen LogP contribution in [0.15, 0.2) is 18.2 Å². The first-order chi connectivity index (χ1) is 9.07. The lowest BCUT2D eigenvalue weighted by molar-refractivity contribution is -0.121. The van der Waals surface area contributed by atoms with E-state index in [1.807, 2.05) is 25.1 Å². The Morgan fingerprint density at radius 2 is 2.16 bits per heavy atom. The van der Waals surface area contributed by atoms with Gasteiger partial charge >= 0.3 is 0 Å². The Morgan fingerprint density at radius 1 is 1.42 bits per heavy atom. The van der Waals surface area contributed by atoms with Crippen LogP contribution in [0.3, 0.4) is 0 Å². The van der Waals surface area contributed by atoms with E-state index < -0.39 is 5.54 Å². The summed E-state index contributed by atoms with van der Waals surface area (Å²) >= 11 is 0. The lowest BCUT2D eigenvalue weighted by Crippen LogP contribution is -2.48. The molecule has 1 atom stereocenters. The molecule has 1 saturated carbocycles. The largest absolute Gasteiger partial charge is 0.490 e. The van der Waals surface area contributed by atoms with E-state index in [9.17, 15) is 4.79 Å². The van der Waals surface area contributed by atoms with E-state index in [0.717, 1.165) is 49.1 Å². The van der Waals surface area contributed by atoms with Gasteiger partial charge in [-0.1, -0.05) is 12.8 Å². The minimum Gasteiger partial charge on any atom is -0.490 e. The molecule has 1 heterocycles. The molecule has 0 aromatic heterocycles. The Bertz CT molecular complexity index is 507. The molecule has 0 bridgehead atoms. The molecule has 1 aromatic rings. The van der Waals surface area contributed by atoms with Crippen LogP contribution in [0.25, 0.3) is 0 Å². The zero-order valence-electron chi connectivity index (χ0n) is 11.2. The lowest BCUT2D eigenvalue weighted by atomic mass is 9.98. The van der Waals surface area contributed by atoms with E-state index in [1.165, 1.54) is 0 Å². The molecule has 102 valence electrons. The van der Waals surface area contributed by atoms with Gasteiger partial charge in [-0.25, -0.2) is 0 Å². The summed E-state index contributed by atoms with van der Waals surface area (Å²) in [5.41, 5.74) is 7.44. The van der Waals surface area contributed by atoms with Gasteiger partial charge < -0.3 is 15.8 Å². The number of nitrogens with two attached hydrogens (primary N) is 1. The van der Waals surface area contributed by atoms with Gasteiger partial charge in [-0.05, 0) is 43.5 Å². The molecular formula is C15H20N2O2. The maximum absolute atomic E-state index is 12.2. The Labute approximate surface area is 113 Å². The highest BCUT2D eigenvalue weighted by molar-refractivity contribution is 5.98. The van der Waals surface area contributed by atoms with Crippen molar-refractivity contribution >= 4 is 11.6 Å². The van der Waals surface area contributed by atoms with E-state index in [0.29, 0.717) is 0 Å². The third-order valence-corrected chi connectivity index (χ3v) is 4.10. The minimum absolute atomic E-state index is 0.0584. The predicted molar refractivity (Wildman–Crippen MR) is 74.3 cm³/mol. The summed E-state index contributed by atoms with van der Waals surface area (Å²) in [5, 5.41) is 2.95. The first-order valence-electron chi connectivity index (χ1n) is 6.97.